The number of aryl methyl sites for hydroxylation is 2. The van der Waals surface area contributed by atoms with Gasteiger partial charge in [0.15, 0.2) is 0 Å². The number of halogens is 2. The highest BCUT2D eigenvalue weighted by Crippen LogP contribution is 2.28. The molecule has 0 bridgehead atoms. The van der Waals surface area contributed by atoms with E-state index >= 15 is 0 Å². The summed E-state index contributed by atoms with van der Waals surface area (Å²) in [6.45, 7) is 4.14. The van der Waals surface area contributed by atoms with Crippen molar-refractivity contribution >= 4 is 28.5 Å². The molecule has 1 aromatic carbocycles. The van der Waals surface area contributed by atoms with Crippen LogP contribution in [0, 0.1) is 25.6 Å². The maximum atomic E-state index is 14.9. The Labute approximate surface area is 213 Å². The molecule has 9 heteroatoms. The van der Waals surface area contributed by atoms with Crippen LogP contribution in [-0.4, -0.2) is 31.1 Å². The fourth-order valence-corrected chi connectivity index (χ4v) is 5.18. The third kappa shape index (κ3) is 4.65. The Hall–Kier alpha value is -3.52. The summed E-state index contributed by atoms with van der Waals surface area (Å²) in [7, 11) is 0. The lowest BCUT2D eigenvalue weighted by molar-refractivity contribution is 0.0919. The van der Waals surface area contributed by atoms with Crippen LogP contribution in [0.4, 0.5) is 4.39 Å². The molecular formula is C27H27ClFN5O2. The fraction of sp³-hybridized carbons (Fsp3) is 0.333. The average Bonchev–Trinajstić information content (AvgIpc) is 3.14. The molecule has 1 aliphatic carbocycles. The Balaban J connectivity index is 1.33. The highest BCUT2D eigenvalue weighted by Gasteiger charge is 2.26. The molecule has 36 heavy (non-hydrogen) atoms. The van der Waals surface area contributed by atoms with Crippen LogP contribution >= 0.6 is 11.6 Å². The first-order valence-electron chi connectivity index (χ1n) is 12.1. The second-order valence-electron chi connectivity index (χ2n) is 9.47. The number of amides is 1. The molecule has 1 aliphatic rings. The minimum Gasteiger partial charge on any atom is -0.349 e. The van der Waals surface area contributed by atoms with Crippen molar-refractivity contribution in [3.8, 4) is 5.69 Å². The minimum absolute atomic E-state index is 0.0428. The summed E-state index contributed by atoms with van der Waals surface area (Å²) in [4.78, 5) is 34.7. The van der Waals surface area contributed by atoms with Gasteiger partial charge in [0.1, 0.15) is 11.3 Å². The smallest absolute Gasteiger partial charge is 0.333 e. The van der Waals surface area contributed by atoms with Gasteiger partial charge in [0, 0.05) is 24.5 Å². The lowest BCUT2D eigenvalue weighted by Crippen LogP contribution is -2.39. The monoisotopic (exact) mass is 507 g/mol. The zero-order valence-corrected chi connectivity index (χ0v) is 20.9. The van der Waals surface area contributed by atoms with Gasteiger partial charge in [0.25, 0.3) is 5.91 Å². The molecule has 4 aromatic rings. The summed E-state index contributed by atoms with van der Waals surface area (Å²) in [5.41, 5.74) is 3.03. The largest absolute Gasteiger partial charge is 0.349 e. The number of nitrogens with zero attached hydrogens (tertiary/aromatic N) is 4. The van der Waals surface area contributed by atoms with E-state index in [1.54, 1.807) is 42.0 Å². The van der Waals surface area contributed by atoms with Crippen LogP contribution in [0.15, 0.2) is 53.6 Å². The van der Waals surface area contributed by atoms with E-state index in [0.29, 0.717) is 34.0 Å². The molecule has 3 heterocycles. The van der Waals surface area contributed by atoms with Crippen molar-refractivity contribution in [2.75, 3.05) is 0 Å². The zero-order chi connectivity index (χ0) is 25.4. The van der Waals surface area contributed by atoms with Crippen molar-refractivity contribution in [1.82, 2.24) is 24.4 Å². The second kappa shape index (κ2) is 9.85. The van der Waals surface area contributed by atoms with Crippen molar-refractivity contribution in [3.05, 3.63) is 87.1 Å². The molecule has 0 aliphatic heterocycles. The fourth-order valence-electron chi connectivity index (χ4n) is 5.02. The number of aromatic nitrogens is 4. The van der Waals surface area contributed by atoms with E-state index in [1.165, 1.54) is 16.8 Å². The van der Waals surface area contributed by atoms with Crippen LogP contribution in [0.25, 0.3) is 16.7 Å². The van der Waals surface area contributed by atoms with Crippen LogP contribution in [0.1, 0.15) is 47.4 Å². The van der Waals surface area contributed by atoms with Gasteiger partial charge in [-0.15, -0.1) is 0 Å². The molecule has 186 valence electrons. The number of pyridine rings is 2. The number of carbonyl (C=O) groups is 1. The summed E-state index contributed by atoms with van der Waals surface area (Å²) >= 11 is 6.01. The van der Waals surface area contributed by atoms with Gasteiger partial charge in [-0.1, -0.05) is 17.7 Å². The van der Waals surface area contributed by atoms with Crippen molar-refractivity contribution in [3.63, 3.8) is 0 Å². The van der Waals surface area contributed by atoms with E-state index in [1.807, 2.05) is 13.0 Å². The molecule has 3 aromatic heterocycles. The number of para-hydroxylation sites is 1. The van der Waals surface area contributed by atoms with E-state index in [2.05, 4.69) is 15.3 Å². The van der Waals surface area contributed by atoms with Gasteiger partial charge in [-0.05, 0) is 75.8 Å². The third-order valence-corrected chi connectivity index (χ3v) is 7.18. The minimum atomic E-state index is -0.443. The van der Waals surface area contributed by atoms with E-state index in [9.17, 15) is 14.0 Å². The molecule has 0 radical (unpaired) electrons. The number of hydrogen-bond acceptors (Lipinski definition) is 4. The normalized spacial score (nSPS) is 17.9. The maximum absolute atomic E-state index is 14.9. The Morgan fingerprint density at radius 1 is 1.11 bits per heavy atom. The molecule has 7 nitrogen and oxygen atoms in total. The second-order valence-corrected chi connectivity index (χ2v) is 9.91. The summed E-state index contributed by atoms with van der Waals surface area (Å²) in [6, 6.07) is 10.1. The highest BCUT2D eigenvalue weighted by atomic mass is 35.5. The molecule has 1 amide bonds. The van der Waals surface area contributed by atoms with Gasteiger partial charge >= 0.3 is 5.69 Å². The number of imidazole rings is 1. The van der Waals surface area contributed by atoms with E-state index in [0.717, 1.165) is 31.4 Å². The number of fused-ring (bicyclic) bond motifs is 1. The summed E-state index contributed by atoms with van der Waals surface area (Å²) in [5, 5.41) is 3.53. The lowest BCUT2D eigenvalue weighted by Gasteiger charge is -2.29. The zero-order valence-electron chi connectivity index (χ0n) is 20.2. The summed E-state index contributed by atoms with van der Waals surface area (Å²) < 4.78 is 18.0. The van der Waals surface area contributed by atoms with Gasteiger partial charge in [0.05, 0.1) is 33.7 Å². The van der Waals surface area contributed by atoms with E-state index in [4.69, 9.17) is 11.6 Å². The van der Waals surface area contributed by atoms with Crippen molar-refractivity contribution < 1.29 is 9.18 Å². The first-order valence-corrected chi connectivity index (χ1v) is 12.5. The maximum Gasteiger partial charge on any atom is 0.333 e. The predicted octanol–water partition coefficient (Wildman–Crippen LogP) is 4.98. The van der Waals surface area contributed by atoms with E-state index < -0.39 is 5.82 Å². The third-order valence-electron chi connectivity index (χ3n) is 6.98. The van der Waals surface area contributed by atoms with Crippen LogP contribution < -0.4 is 11.0 Å². The number of nitrogens with one attached hydrogen (secondary N) is 1. The van der Waals surface area contributed by atoms with Gasteiger partial charge in [-0.2, -0.15) is 0 Å². The SMILES string of the molecule is Cc1ccc(-n2c(=O)n(CC3CCC(NC(=O)c4cc(Cl)cnc4C)CC3)c3cccc(F)c32)cn1. The van der Waals surface area contributed by atoms with Gasteiger partial charge in [0.2, 0.25) is 0 Å². The molecule has 5 rings (SSSR count). The quantitative estimate of drug-likeness (QED) is 0.413. The standard InChI is InChI=1S/C27H27ClFN5O2/c1-16-6-11-21(14-30-16)34-25-23(29)4-3-5-24(25)33(27(34)36)15-18-7-9-20(10-8-18)32-26(35)22-12-19(28)13-31-17(22)2/h3-6,11-14,18,20H,7-10,15H2,1-2H3,(H,32,35). The lowest BCUT2D eigenvalue weighted by atomic mass is 9.85. The predicted molar refractivity (Wildman–Crippen MR) is 137 cm³/mol. The number of hydrogen-bond donors (Lipinski definition) is 1. The van der Waals surface area contributed by atoms with E-state index in [-0.39, 0.29) is 29.1 Å². The van der Waals surface area contributed by atoms with Crippen molar-refractivity contribution in [2.45, 2.75) is 52.1 Å². The van der Waals surface area contributed by atoms with Crippen molar-refractivity contribution in [2.24, 2.45) is 5.92 Å². The number of carbonyl (C=O) groups excluding carboxylic acids is 1. The molecule has 0 atom stereocenters. The average molecular weight is 508 g/mol. The van der Waals surface area contributed by atoms with Gasteiger partial charge in [-0.25, -0.2) is 9.18 Å². The first-order chi connectivity index (χ1) is 17.3. The summed E-state index contributed by atoms with van der Waals surface area (Å²) in [6.07, 6.45) is 6.41. The number of benzene rings is 1. The molecule has 0 saturated heterocycles. The number of rotatable bonds is 5. The molecule has 0 spiro atoms. The Kier molecular flexibility index (Phi) is 6.62. The van der Waals surface area contributed by atoms with Gasteiger partial charge in [-0.3, -0.25) is 23.9 Å². The van der Waals surface area contributed by atoms with Crippen LogP contribution in [0.3, 0.4) is 0 Å². The van der Waals surface area contributed by atoms with Crippen molar-refractivity contribution in [1.29, 1.82) is 0 Å². The van der Waals surface area contributed by atoms with Gasteiger partial charge < -0.3 is 5.32 Å². The van der Waals surface area contributed by atoms with Crippen LogP contribution in [-0.2, 0) is 6.54 Å². The highest BCUT2D eigenvalue weighted by molar-refractivity contribution is 6.30. The molecule has 1 N–H and O–H groups in total. The Morgan fingerprint density at radius 3 is 2.61 bits per heavy atom. The topological polar surface area (TPSA) is 81.8 Å². The molecule has 0 unspecified atom stereocenters. The first kappa shape index (κ1) is 24.2. The molecule has 1 fully saturated rings. The molecular weight excluding hydrogens is 481 g/mol. The summed E-state index contributed by atoms with van der Waals surface area (Å²) in [5.74, 6) is -0.377. The molecule has 1 saturated carbocycles. The Morgan fingerprint density at radius 2 is 1.89 bits per heavy atom. The van der Waals surface area contributed by atoms with Crippen LogP contribution in [0.2, 0.25) is 5.02 Å². The van der Waals surface area contributed by atoms with Crippen LogP contribution in [0.5, 0.6) is 0 Å². The Bertz CT molecular complexity index is 1490.